The van der Waals surface area contributed by atoms with Gasteiger partial charge in [0.15, 0.2) is 0 Å². The van der Waals surface area contributed by atoms with Crippen molar-refractivity contribution >= 4 is 22.9 Å². The van der Waals surface area contributed by atoms with Gasteiger partial charge in [0.25, 0.3) is 0 Å². The predicted octanol–water partition coefficient (Wildman–Crippen LogP) is 2.60. The van der Waals surface area contributed by atoms with Crippen LogP contribution in [0, 0.1) is 0 Å². The Labute approximate surface area is 116 Å². The maximum atomic E-state index is 11.3. The molecule has 100 valence electrons. The van der Waals surface area contributed by atoms with E-state index in [4.69, 9.17) is 0 Å². The van der Waals surface area contributed by atoms with Gasteiger partial charge in [-0.1, -0.05) is 12.1 Å². The lowest BCUT2D eigenvalue weighted by Crippen LogP contribution is -2.19. The summed E-state index contributed by atoms with van der Waals surface area (Å²) >= 11 is 1.64. The number of carbonyl (C=O) groups excluding carboxylic acids is 1. The average Bonchev–Trinajstić information content (AvgIpc) is 2.95. The van der Waals surface area contributed by atoms with Crippen molar-refractivity contribution in [3.63, 3.8) is 0 Å². The number of thiazole rings is 1. The summed E-state index contributed by atoms with van der Waals surface area (Å²) in [6.45, 7) is 2.08. The Morgan fingerprint density at radius 1 is 1.37 bits per heavy atom. The second-order valence-electron chi connectivity index (χ2n) is 4.28. The van der Waals surface area contributed by atoms with E-state index in [1.807, 2.05) is 35.8 Å². The lowest BCUT2D eigenvalue weighted by atomic mass is 10.1. The highest BCUT2D eigenvalue weighted by Gasteiger charge is 2.07. The molecule has 0 saturated carbocycles. The third-order valence-electron chi connectivity index (χ3n) is 2.80. The molecular formula is C14H17N3OS. The van der Waals surface area contributed by atoms with Crippen LogP contribution in [-0.2, 0) is 11.2 Å². The first-order chi connectivity index (χ1) is 9.19. The first kappa shape index (κ1) is 13.5. The molecule has 1 aromatic carbocycles. The quantitative estimate of drug-likeness (QED) is 0.882. The highest BCUT2D eigenvalue weighted by atomic mass is 32.1. The van der Waals surface area contributed by atoms with Crippen LogP contribution in [0.1, 0.15) is 23.5 Å². The molecule has 0 aliphatic rings. The Morgan fingerprint density at radius 2 is 2.11 bits per heavy atom. The molecule has 1 heterocycles. The van der Waals surface area contributed by atoms with Gasteiger partial charge in [0, 0.05) is 24.3 Å². The summed E-state index contributed by atoms with van der Waals surface area (Å²) in [4.78, 5) is 15.5. The van der Waals surface area contributed by atoms with Crippen LogP contribution in [-0.4, -0.2) is 17.9 Å². The van der Waals surface area contributed by atoms with Crippen LogP contribution >= 0.6 is 11.3 Å². The van der Waals surface area contributed by atoms with E-state index in [2.05, 4.69) is 22.5 Å². The minimum Gasteiger partial charge on any atom is -0.376 e. The predicted molar refractivity (Wildman–Crippen MR) is 78.4 cm³/mol. The van der Waals surface area contributed by atoms with Crippen molar-refractivity contribution in [2.45, 2.75) is 19.4 Å². The zero-order valence-corrected chi connectivity index (χ0v) is 11.8. The molecule has 1 aromatic heterocycles. The fourth-order valence-corrected chi connectivity index (χ4v) is 2.40. The van der Waals surface area contributed by atoms with Gasteiger partial charge < -0.3 is 10.6 Å². The van der Waals surface area contributed by atoms with Gasteiger partial charge in [-0.15, -0.1) is 11.3 Å². The monoisotopic (exact) mass is 275 g/mol. The van der Waals surface area contributed by atoms with Gasteiger partial charge in [0.05, 0.1) is 12.5 Å². The van der Waals surface area contributed by atoms with Crippen LogP contribution in [0.3, 0.4) is 0 Å². The summed E-state index contributed by atoms with van der Waals surface area (Å²) in [5, 5.41) is 9.04. The van der Waals surface area contributed by atoms with Crippen molar-refractivity contribution < 1.29 is 4.79 Å². The van der Waals surface area contributed by atoms with Gasteiger partial charge in [-0.3, -0.25) is 4.79 Å². The third kappa shape index (κ3) is 3.79. The van der Waals surface area contributed by atoms with Gasteiger partial charge in [0.1, 0.15) is 5.01 Å². The summed E-state index contributed by atoms with van der Waals surface area (Å²) in [7, 11) is 1.65. The molecule has 2 aromatic rings. The molecule has 1 unspecified atom stereocenters. The number of carbonyl (C=O) groups is 1. The molecule has 1 amide bonds. The maximum Gasteiger partial charge on any atom is 0.224 e. The molecule has 5 heteroatoms. The molecule has 0 bridgehead atoms. The normalized spacial score (nSPS) is 11.9. The first-order valence-corrected chi connectivity index (χ1v) is 7.02. The smallest absolute Gasteiger partial charge is 0.224 e. The Kier molecular flexibility index (Phi) is 4.52. The minimum atomic E-state index is 0.0249. The fourth-order valence-electron chi connectivity index (χ4n) is 1.75. The number of nitrogens with one attached hydrogen (secondary N) is 2. The Balaban J connectivity index is 1.97. The van der Waals surface area contributed by atoms with Crippen molar-refractivity contribution in [2.75, 3.05) is 12.4 Å². The first-order valence-electron chi connectivity index (χ1n) is 6.14. The highest BCUT2D eigenvalue weighted by Crippen LogP contribution is 2.21. The molecule has 1 atom stereocenters. The summed E-state index contributed by atoms with van der Waals surface area (Å²) in [5.41, 5.74) is 2.04. The van der Waals surface area contributed by atoms with Gasteiger partial charge in [0.2, 0.25) is 5.91 Å². The molecule has 2 N–H and O–H groups in total. The van der Waals surface area contributed by atoms with E-state index < -0.39 is 0 Å². The van der Waals surface area contributed by atoms with Crippen LogP contribution in [0.4, 0.5) is 5.69 Å². The summed E-state index contributed by atoms with van der Waals surface area (Å²) in [6.07, 6.45) is 2.23. The number of hydrogen-bond acceptors (Lipinski definition) is 4. The van der Waals surface area contributed by atoms with Crippen LogP contribution in [0.15, 0.2) is 35.8 Å². The lowest BCUT2D eigenvalue weighted by molar-refractivity contribution is -0.119. The molecule has 4 nitrogen and oxygen atoms in total. The third-order valence-corrected chi connectivity index (χ3v) is 3.76. The Morgan fingerprint density at radius 3 is 2.68 bits per heavy atom. The van der Waals surface area contributed by atoms with Gasteiger partial charge in [-0.25, -0.2) is 4.98 Å². The minimum absolute atomic E-state index is 0.0249. The summed E-state index contributed by atoms with van der Waals surface area (Å²) in [6, 6.07) is 8.09. The van der Waals surface area contributed by atoms with Crippen molar-refractivity contribution in [1.29, 1.82) is 0 Å². The highest BCUT2D eigenvalue weighted by molar-refractivity contribution is 7.09. The average molecular weight is 275 g/mol. The lowest BCUT2D eigenvalue weighted by Gasteiger charge is -2.13. The van der Waals surface area contributed by atoms with Crippen LogP contribution in [0.25, 0.3) is 0 Å². The van der Waals surface area contributed by atoms with Crippen molar-refractivity contribution in [3.05, 3.63) is 46.4 Å². The van der Waals surface area contributed by atoms with E-state index in [-0.39, 0.29) is 11.9 Å². The van der Waals surface area contributed by atoms with Gasteiger partial charge in [-0.05, 0) is 24.6 Å². The number of amides is 1. The molecule has 2 rings (SSSR count). The van der Waals surface area contributed by atoms with Crippen molar-refractivity contribution in [2.24, 2.45) is 0 Å². The second-order valence-corrected chi connectivity index (χ2v) is 5.21. The Hall–Kier alpha value is -1.88. The Bertz CT molecular complexity index is 522. The van der Waals surface area contributed by atoms with Crippen molar-refractivity contribution in [1.82, 2.24) is 10.3 Å². The zero-order valence-electron chi connectivity index (χ0n) is 11.0. The largest absolute Gasteiger partial charge is 0.376 e. The number of rotatable bonds is 5. The fraction of sp³-hybridized carbons (Fsp3) is 0.286. The zero-order chi connectivity index (χ0) is 13.7. The molecule has 19 heavy (non-hydrogen) atoms. The van der Waals surface area contributed by atoms with Crippen LogP contribution in [0.2, 0.25) is 0 Å². The van der Waals surface area contributed by atoms with E-state index in [1.165, 1.54) is 0 Å². The molecular weight excluding hydrogens is 258 g/mol. The van der Waals surface area contributed by atoms with E-state index >= 15 is 0 Å². The van der Waals surface area contributed by atoms with Crippen LogP contribution < -0.4 is 10.6 Å². The molecule has 0 aliphatic heterocycles. The van der Waals surface area contributed by atoms with E-state index in [0.29, 0.717) is 6.42 Å². The summed E-state index contributed by atoms with van der Waals surface area (Å²) < 4.78 is 0. The van der Waals surface area contributed by atoms with Crippen molar-refractivity contribution in [3.8, 4) is 0 Å². The van der Waals surface area contributed by atoms with E-state index in [9.17, 15) is 4.79 Å². The van der Waals surface area contributed by atoms with E-state index in [1.54, 1.807) is 18.4 Å². The SMILES string of the molecule is CNC(=O)Cc1ccc(NC(C)c2nccs2)cc1. The number of anilines is 1. The topological polar surface area (TPSA) is 54.0 Å². The molecule has 0 spiro atoms. The number of hydrogen-bond donors (Lipinski definition) is 2. The van der Waals surface area contributed by atoms with E-state index in [0.717, 1.165) is 16.3 Å². The number of benzene rings is 1. The maximum absolute atomic E-state index is 11.3. The van der Waals surface area contributed by atoms with Crippen LogP contribution in [0.5, 0.6) is 0 Å². The standard InChI is InChI=1S/C14H17N3OS/c1-10(14-16-7-8-19-14)17-12-5-3-11(4-6-12)9-13(18)15-2/h3-8,10,17H,9H2,1-2H3,(H,15,18). The molecule has 0 saturated heterocycles. The molecule has 0 fully saturated rings. The molecule has 0 radical (unpaired) electrons. The number of aromatic nitrogens is 1. The molecule has 0 aliphatic carbocycles. The van der Waals surface area contributed by atoms with Gasteiger partial charge >= 0.3 is 0 Å². The number of likely N-dealkylation sites (N-methyl/N-ethyl adjacent to an activating group) is 1. The number of nitrogens with zero attached hydrogens (tertiary/aromatic N) is 1. The summed E-state index contributed by atoms with van der Waals surface area (Å²) in [5.74, 6) is 0.0249. The van der Waals surface area contributed by atoms with Gasteiger partial charge in [-0.2, -0.15) is 0 Å². The second kappa shape index (κ2) is 6.33.